The van der Waals surface area contributed by atoms with E-state index in [1.54, 1.807) is 19.1 Å². The molecule has 3 aromatic rings. The predicted molar refractivity (Wildman–Crippen MR) is 154 cm³/mol. The molecule has 7 heteroatoms. The van der Waals surface area contributed by atoms with Crippen LogP contribution in [0.15, 0.2) is 77.3 Å². The maximum absolute atomic E-state index is 13.8. The number of carbonyl (C=O) groups is 2. The second-order valence-electron chi connectivity index (χ2n) is 9.68. The topological polar surface area (TPSA) is 67.9 Å². The van der Waals surface area contributed by atoms with Crippen LogP contribution in [0.4, 0.5) is 0 Å². The Kier molecular flexibility index (Phi) is 11.2. The molecule has 0 fully saturated rings. The predicted octanol–water partition coefficient (Wildman–Crippen LogP) is 5.81. The summed E-state index contributed by atoms with van der Waals surface area (Å²) in [6.45, 7) is 5.00. The molecule has 202 valence electrons. The number of hydrogen-bond acceptors (Lipinski definition) is 4. The van der Waals surface area contributed by atoms with Crippen LogP contribution in [0.2, 0.25) is 0 Å². The number of ether oxygens (including phenoxy) is 2. The summed E-state index contributed by atoms with van der Waals surface area (Å²) < 4.78 is 11.7. The van der Waals surface area contributed by atoms with Crippen LogP contribution in [0.1, 0.15) is 37.0 Å². The van der Waals surface area contributed by atoms with Crippen LogP contribution in [0, 0.1) is 5.92 Å². The highest BCUT2D eigenvalue weighted by molar-refractivity contribution is 9.10. The summed E-state index contributed by atoms with van der Waals surface area (Å²) in [6, 6.07) is 22.7. The van der Waals surface area contributed by atoms with Gasteiger partial charge in [0.2, 0.25) is 11.8 Å². The number of benzene rings is 3. The van der Waals surface area contributed by atoms with Gasteiger partial charge in [-0.3, -0.25) is 9.59 Å². The zero-order valence-corrected chi connectivity index (χ0v) is 24.2. The Bertz CT molecular complexity index is 1180. The third-order valence-electron chi connectivity index (χ3n) is 6.30. The van der Waals surface area contributed by atoms with Crippen molar-refractivity contribution in [3.63, 3.8) is 0 Å². The van der Waals surface area contributed by atoms with Gasteiger partial charge in [-0.1, -0.05) is 78.3 Å². The van der Waals surface area contributed by atoms with Gasteiger partial charge in [0.05, 0.1) is 14.2 Å². The normalized spacial score (nSPS) is 11.6. The van der Waals surface area contributed by atoms with Gasteiger partial charge in [0, 0.05) is 30.4 Å². The average Bonchev–Trinajstić information content (AvgIpc) is 2.93. The average molecular weight is 582 g/mol. The molecule has 3 aromatic carbocycles. The van der Waals surface area contributed by atoms with Gasteiger partial charge in [0.25, 0.3) is 0 Å². The minimum Gasteiger partial charge on any atom is -0.493 e. The highest BCUT2D eigenvalue weighted by Crippen LogP contribution is 2.28. The Balaban J connectivity index is 1.89. The molecular formula is C31H37BrN2O4. The Morgan fingerprint density at radius 3 is 2.16 bits per heavy atom. The maximum atomic E-state index is 13.8. The molecule has 0 aliphatic rings. The second-order valence-corrected chi connectivity index (χ2v) is 10.6. The fraction of sp³-hybridized carbons (Fsp3) is 0.355. The molecule has 0 saturated carbocycles. The van der Waals surface area contributed by atoms with Crippen molar-refractivity contribution in [2.24, 2.45) is 5.92 Å². The summed E-state index contributed by atoms with van der Waals surface area (Å²) in [6.07, 6.45) is 1.21. The van der Waals surface area contributed by atoms with Crippen molar-refractivity contribution in [1.29, 1.82) is 0 Å². The molecule has 6 nitrogen and oxygen atoms in total. The highest BCUT2D eigenvalue weighted by atomic mass is 79.9. The minimum absolute atomic E-state index is 0.0802. The van der Waals surface area contributed by atoms with Crippen LogP contribution >= 0.6 is 15.9 Å². The van der Waals surface area contributed by atoms with Crippen molar-refractivity contribution in [1.82, 2.24) is 10.2 Å². The van der Waals surface area contributed by atoms with E-state index in [2.05, 4.69) is 35.1 Å². The largest absolute Gasteiger partial charge is 0.493 e. The zero-order valence-electron chi connectivity index (χ0n) is 22.6. The van der Waals surface area contributed by atoms with Gasteiger partial charge in [-0.25, -0.2) is 0 Å². The van der Waals surface area contributed by atoms with Crippen LogP contribution in [0.5, 0.6) is 11.5 Å². The molecule has 1 atom stereocenters. The Morgan fingerprint density at radius 1 is 0.868 bits per heavy atom. The molecule has 1 N–H and O–H groups in total. The maximum Gasteiger partial charge on any atom is 0.243 e. The monoisotopic (exact) mass is 580 g/mol. The molecule has 3 rings (SSSR count). The highest BCUT2D eigenvalue weighted by Gasteiger charge is 2.30. The van der Waals surface area contributed by atoms with Crippen LogP contribution in [-0.4, -0.2) is 43.5 Å². The summed E-state index contributed by atoms with van der Waals surface area (Å²) >= 11 is 3.48. The van der Waals surface area contributed by atoms with E-state index in [0.717, 1.165) is 21.2 Å². The fourth-order valence-corrected chi connectivity index (χ4v) is 4.46. The molecule has 0 bridgehead atoms. The fourth-order valence-electron chi connectivity index (χ4n) is 4.19. The summed E-state index contributed by atoms with van der Waals surface area (Å²) in [4.78, 5) is 29.1. The summed E-state index contributed by atoms with van der Waals surface area (Å²) in [5, 5.41) is 3.06. The van der Waals surface area contributed by atoms with E-state index in [0.29, 0.717) is 43.3 Å². The lowest BCUT2D eigenvalue weighted by molar-refractivity contribution is -0.141. The number of rotatable bonds is 13. The van der Waals surface area contributed by atoms with Gasteiger partial charge in [0.15, 0.2) is 11.5 Å². The Morgan fingerprint density at radius 2 is 1.53 bits per heavy atom. The second kappa shape index (κ2) is 14.6. The number of nitrogens with zero attached hydrogens (tertiary/aromatic N) is 1. The first-order valence-corrected chi connectivity index (χ1v) is 13.7. The van der Waals surface area contributed by atoms with E-state index in [4.69, 9.17) is 9.47 Å². The third-order valence-corrected chi connectivity index (χ3v) is 6.83. The minimum atomic E-state index is -0.641. The lowest BCUT2D eigenvalue weighted by Crippen LogP contribution is -2.51. The Labute approximate surface area is 234 Å². The summed E-state index contributed by atoms with van der Waals surface area (Å²) in [7, 11) is 3.19. The number of halogens is 1. The lowest BCUT2D eigenvalue weighted by atomic mass is 10.0. The van der Waals surface area contributed by atoms with Crippen LogP contribution < -0.4 is 14.8 Å². The molecule has 0 heterocycles. The molecule has 0 aliphatic heterocycles. The van der Waals surface area contributed by atoms with Gasteiger partial charge in [0.1, 0.15) is 6.04 Å². The van der Waals surface area contributed by atoms with Crippen molar-refractivity contribution in [2.75, 3.05) is 20.8 Å². The van der Waals surface area contributed by atoms with Crippen molar-refractivity contribution < 1.29 is 19.1 Å². The Hall–Kier alpha value is -3.32. The smallest absolute Gasteiger partial charge is 0.243 e. The third kappa shape index (κ3) is 8.62. The van der Waals surface area contributed by atoms with Gasteiger partial charge in [-0.15, -0.1) is 0 Å². The number of hydrogen-bond donors (Lipinski definition) is 1. The number of amides is 2. The van der Waals surface area contributed by atoms with E-state index in [1.165, 1.54) is 0 Å². The molecule has 0 aliphatic carbocycles. The van der Waals surface area contributed by atoms with Crippen molar-refractivity contribution in [3.8, 4) is 11.5 Å². The first kappa shape index (κ1) is 29.2. The number of methoxy groups -OCH3 is 2. The van der Waals surface area contributed by atoms with E-state index in [9.17, 15) is 9.59 Å². The number of nitrogens with one attached hydrogen (secondary N) is 1. The summed E-state index contributed by atoms with van der Waals surface area (Å²) in [5.74, 6) is 1.35. The summed E-state index contributed by atoms with van der Waals surface area (Å²) in [5.41, 5.74) is 2.93. The van der Waals surface area contributed by atoms with E-state index < -0.39 is 6.04 Å². The van der Waals surface area contributed by atoms with Crippen molar-refractivity contribution in [2.45, 2.75) is 45.7 Å². The van der Waals surface area contributed by atoms with Crippen LogP contribution in [0.3, 0.4) is 0 Å². The first-order chi connectivity index (χ1) is 18.3. The van der Waals surface area contributed by atoms with Crippen LogP contribution in [0.25, 0.3) is 0 Å². The molecule has 38 heavy (non-hydrogen) atoms. The van der Waals surface area contributed by atoms with E-state index in [-0.39, 0.29) is 18.2 Å². The van der Waals surface area contributed by atoms with E-state index in [1.807, 2.05) is 72.8 Å². The van der Waals surface area contributed by atoms with Crippen molar-refractivity contribution >= 4 is 27.7 Å². The molecule has 0 aromatic heterocycles. The molecular weight excluding hydrogens is 544 g/mol. The molecule has 1 unspecified atom stereocenters. The van der Waals surface area contributed by atoms with Gasteiger partial charge in [-0.2, -0.15) is 0 Å². The van der Waals surface area contributed by atoms with Crippen LogP contribution in [-0.2, 0) is 29.0 Å². The van der Waals surface area contributed by atoms with Gasteiger partial charge < -0.3 is 19.7 Å². The van der Waals surface area contributed by atoms with E-state index >= 15 is 0 Å². The molecule has 0 spiro atoms. The molecule has 0 radical (unpaired) electrons. The number of carbonyl (C=O) groups excluding carboxylic acids is 2. The lowest BCUT2D eigenvalue weighted by Gasteiger charge is -2.32. The number of aryl methyl sites for hydroxylation is 1. The quantitative estimate of drug-likeness (QED) is 0.277. The van der Waals surface area contributed by atoms with Gasteiger partial charge >= 0.3 is 0 Å². The SMILES string of the molecule is COc1ccc(CCC(=O)N(Cc2ccc(Br)cc2)C(Cc2ccccc2)C(=O)NCC(C)C)cc1OC. The first-order valence-electron chi connectivity index (χ1n) is 12.9. The zero-order chi connectivity index (χ0) is 27.5. The molecule has 2 amide bonds. The standard InChI is InChI=1S/C31H37BrN2O4/c1-22(2)20-33-31(36)27(18-23-8-6-5-7-9-23)34(21-25-10-14-26(32)15-11-25)30(35)17-13-24-12-16-28(37-3)29(19-24)38-4/h5-12,14-16,19,22,27H,13,17-18,20-21H2,1-4H3,(H,33,36). The van der Waals surface area contributed by atoms with Gasteiger partial charge in [-0.05, 0) is 53.3 Å². The van der Waals surface area contributed by atoms with Crippen molar-refractivity contribution in [3.05, 3.63) is 94.0 Å². The molecule has 0 saturated heterocycles.